The number of hydrogen-bond donors (Lipinski definition) is 2. The first-order valence-corrected chi connectivity index (χ1v) is 10.6. The van der Waals surface area contributed by atoms with Gasteiger partial charge in [0, 0.05) is 44.2 Å². The molecule has 0 unspecified atom stereocenters. The van der Waals surface area contributed by atoms with Crippen LogP contribution in [-0.4, -0.2) is 49.6 Å². The van der Waals surface area contributed by atoms with Gasteiger partial charge in [0.2, 0.25) is 0 Å². The van der Waals surface area contributed by atoms with E-state index in [0.717, 1.165) is 62.8 Å². The molecule has 1 aromatic rings. The summed E-state index contributed by atoms with van der Waals surface area (Å²) in [6.45, 7) is 7.18. The third kappa shape index (κ3) is 6.02. The Balaban J connectivity index is 0.00000320. The van der Waals surface area contributed by atoms with Crippen LogP contribution in [0.2, 0.25) is 0 Å². The van der Waals surface area contributed by atoms with Gasteiger partial charge >= 0.3 is 6.18 Å². The van der Waals surface area contributed by atoms with E-state index in [9.17, 15) is 13.2 Å². The number of likely N-dealkylation sites (tertiary alicyclic amines) is 1. The van der Waals surface area contributed by atoms with Gasteiger partial charge in [-0.05, 0) is 51.2 Å². The fourth-order valence-electron chi connectivity index (χ4n) is 4.40. The van der Waals surface area contributed by atoms with E-state index >= 15 is 0 Å². The minimum Gasteiger partial charge on any atom is -0.356 e. The zero-order valence-electron chi connectivity index (χ0n) is 18.1. The maximum Gasteiger partial charge on any atom is 0.416 e. The molecule has 2 N–H and O–H groups in total. The molecule has 1 heterocycles. The molecular formula is C22H34F3IN4. The van der Waals surface area contributed by atoms with E-state index < -0.39 is 11.7 Å². The average molecular weight is 538 g/mol. The van der Waals surface area contributed by atoms with Crippen LogP contribution in [0.3, 0.4) is 0 Å². The summed E-state index contributed by atoms with van der Waals surface area (Å²) < 4.78 is 39.4. The van der Waals surface area contributed by atoms with Crippen LogP contribution < -0.4 is 10.6 Å². The van der Waals surface area contributed by atoms with E-state index in [4.69, 9.17) is 0 Å². The van der Waals surface area contributed by atoms with Gasteiger partial charge in [-0.1, -0.05) is 24.6 Å². The zero-order valence-corrected chi connectivity index (χ0v) is 20.4. The van der Waals surface area contributed by atoms with Gasteiger partial charge in [0.1, 0.15) is 0 Å². The first-order valence-electron chi connectivity index (χ1n) is 10.6. The summed E-state index contributed by atoms with van der Waals surface area (Å²) in [7, 11) is 1.75. The number of nitrogens with one attached hydrogen (secondary N) is 2. The number of aliphatic imine (C=N–C) groups is 1. The van der Waals surface area contributed by atoms with Gasteiger partial charge in [-0.15, -0.1) is 24.0 Å². The predicted molar refractivity (Wildman–Crippen MR) is 127 cm³/mol. The molecule has 30 heavy (non-hydrogen) atoms. The highest BCUT2D eigenvalue weighted by Gasteiger charge is 2.40. The molecule has 3 rings (SSSR count). The lowest BCUT2D eigenvalue weighted by Crippen LogP contribution is -2.53. The second-order valence-corrected chi connectivity index (χ2v) is 8.69. The van der Waals surface area contributed by atoms with Crippen molar-refractivity contribution >= 4 is 29.9 Å². The second-order valence-electron chi connectivity index (χ2n) is 8.69. The molecule has 0 radical (unpaired) electrons. The van der Waals surface area contributed by atoms with E-state index in [0.29, 0.717) is 18.6 Å². The van der Waals surface area contributed by atoms with Crippen molar-refractivity contribution in [3.63, 3.8) is 0 Å². The summed E-state index contributed by atoms with van der Waals surface area (Å²) in [4.78, 5) is 6.83. The second kappa shape index (κ2) is 10.5. The van der Waals surface area contributed by atoms with Gasteiger partial charge in [-0.3, -0.25) is 4.99 Å². The van der Waals surface area contributed by atoms with Crippen molar-refractivity contribution in [2.75, 3.05) is 26.7 Å². The number of halogens is 4. The van der Waals surface area contributed by atoms with E-state index in [1.807, 2.05) is 6.07 Å². The number of nitrogens with zero attached hydrogens (tertiary/aromatic N) is 2. The number of piperidine rings is 1. The summed E-state index contributed by atoms with van der Waals surface area (Å²) in [5.41, 5.74) is -0.0488. The monoisotopic (exact) mass is 538 g/mol. The summed E-state index contributed by atoms with van der Waals surface area (Å²) in [5, 5.41) is 6.90. The Kier molecular flexibility index (Phi) is 8.85. The normalized spacial score (nSPS) is 20.4. The van der Waals surface area contributed by atoms with Crippen molar-refractivity contribution in [2.24, 2.45) is 4.99 Å². The summed E-state index contributed by atoms with van der Waals surface area (Å²) in [5.74, 6) is 0.742. The van der Waals surface area contributed by atoms with Crippen LogP contribution in [0.5, 0.6) is 0 Å². The molecule has 0 bridgehead atoms. The molecule has 0 atom stereocenters. The smallest absolute Gasteiger partial charge is 0.356 e. The van der Waals surface area contributed by atoms with Crippen LogP contribution in [0, 0.1) is 0 Å². The topological polar surface area (TPSA) is 39.7 Å². The largest absolute Gasteiger partial charge is 0.416 e. The zero-order chi connectivity index (χ0) is 21.1. The van der Waals surface area contributed by atoms with Crippen LogP contribution in [0.15, 0.2) is 29.3 Å². The Hall–Kier alpha value is -1.03. The fraction of sp³-hybridized carbons (Fsp3) is 0.682. The Morgan fingerprint density at radius 1 is 1.23 bits per heavy atom. The molecule has 1 aliphatic carbocycles. The molecule has 1 aromatic carbocycles. The van der Waals surface area contributed by atoms with Crippen molar-refractivity contribution in [2.45, 2.75) is 69.6 Å². The van der Waals surface area contributed by atoms with E-state index in [1.165, 1.54) is 12.1 Å². The first-order chi connectivity index (χ1) is 13.7. The molecule has 1 aliphatic heterocycles. The molecule has 2 aliphatic rings. The molecule has 2 fully saturated rings. The number of rotatable bonds is 5. The number of guanidine groups is 1. The lowest BCUT2D eigenvalue weighted by molar-refractivity contribution is -0.137. The third-order valence-corrected chi connectivity index (χ3v) is 6.53. The fourth-order valence-corrected chi connectivity index (χ4v) is 4.40. The van der Waals surface area contributed by atoms with Gasteiger partial charge in [-0.25, -0.2) is 0 Å². The van der Waals surface area contributed by atoms with Crippen molar-refractivity contribution in [3.05, 3.63) is 35.4 Å². The highest BCUT2D eigenvalue weighted by atomic mass is 127. The SMILES string of the molecule is CN=C(NCC1(c2cccc(C(F)(F)F)c2)CCC1)NC1CCN(C(C)C)CC1.I. The van der Waals surface area contributed by atoms with Crippen molar-refractivity contribution < 1.29 is 13.2 Å². The van der Waals surface area contributed by atoms with Crippen molar-refractivity contribution in [3.8, 4) is 0 Å². The number of benzene rings is 1. The van der Waals surface area contributed by atoms with Crippen LogP contribution in [-0.2, 0) is 11.6 Å². The molecule has 1 saturated heterocycles. The maximum absolute atomic E-state index is 13.1. The van der Waals surface area contributed by atoms with E-state index in [1.54, 1.807) is 7.05 Å². The Labute approximate surface area is 195 Å². The minimum absolute atomic E-state index is 0. The highest BCUT2D eigenvalue weighted by molar-refractivity contribution is 14.0. The quantitative estimate of drug-likeness (QED) is 0.322. The molecule has 170 valence electrons. The van der Waals surface area contributed by atoms with Gasteiger partial charge in [-0.2, -0.15) is 13.2 Å². The molecule has 0 amide bonds. The Morgan fingerprint density at radius 3 is 2.40 bits per heavy atom. The standard InChI is InChI=1S/C22H33F3N4.HI/c1-16(2)29-12-8-19(9-13-29)28-20(26-3)27-15-21(10-5-11-21)17-6-4-7-18(14-17)22(23,24)25;/h4,6-7,14,16,19H,5,8-13,15H2,1-3H3,(H2,26,27,28);1H. The maximum atomic E-state index is 13.1. The average Bonchev–Trinajstić information content (AvgIpc) is 2.66. The van der Waals surface area contributed by atoms with Gasteiger partial charge < -0.3 is 15.5 Å². The number of hydrogen-bond acceptors (Lipinski definition) is 2. The Morgan fingerprint density at radius 2 is 1.90 bits per heavy atom. The lowest BCUT2D eigenvalue weighted by Gasteiger charge is -2.43. The summed E-state index contributed by atoms with van der Waals surface area (Å²) in [6, 6.07) is 6.76. The van der Waals surface area contributed by atoms with E-state index in [-0.39, 0.29) is 29.4 Å². The molecule has 0 spiro atoms. The predicted octanol–water partition coefficient (Wildman–Crippen LogP) is 4.78. The van der Waals surface area contributed by atoms with Crippen LogP contribution >= 0.6 is 24.0 Å². The molecule has 1 saturated carbocycles. The first kappa shape index (κ1) is 25.2. The Bertz CT molecular complexity index is 709. The lowest BCUT2D eigenvalue weighted by atomic mass is 9.64. The van der Waals surface area contributed by atoms with Crippen LogP contribution in [0.1, 0.15) is 57.1 Å². The van der Waals surface area contributed by atoms with Gasteiger partial charge in [0.05, 0.1) is 5.56 Å². The minimum atomic E-state index is -4.31. The molecule has 4 nitrogen and oxygen atoms in total. The summed E-state index contributed by atoms with van der Waals surface area (Å²) >= 11 is 0. The molecular weight excluding hydrogens is 504 g/mol. The van der Waals surface area contributed by atoms with Gasteiger partial charge in [0.15, 0.2) is 5.96 Å². The van der Waals surface area contributed by atoms with Crippen molar-refractivity contribution in [1.29, 1.82) is 0 Å². The van der Waals surface area contributed by atoms with E-state index in [2.05, 4.69) is 34.4 Å². The third-order valence-electron chi connectivity index (χ3n) is 6.53. The van der Waals surface area contributed by atoms with Gasteiger partial charge in [0.25, 0.3) is 0 Å². The van der Waals surface area contributed by atoms with Crippen LogP contribution in [0.4, 0.5) is 13.2 Å². The highest BCUT2D eigenvalue weighted by Crippen LogP contribution is 2.44. The summed E-state index contributed by atoms with van der Waals surface area (Å²) in [6.07, 6.45) is 0.653. The van der Waals surface area contributed by atoms with Crippen molar-refractivity contribution in [1.82, 2.24) is 15.5 Å². The number of alkyl halides is 3. The molecule has 0 aromatic heterocycles. The molecule has 8 heteroatoms. The van der Waals surface area contributed by atoms with Crippen LogP contribution in [0.25, 0.3) is 0 Å².